The Morgan fingerprint density at radius 2 is 1.90 bits per heavy atom. The molecule has 0 aromatic heterocycles. The van der Waals surface area contributed by atoms with Gasteiger partial charge in [-0.3, -0.25) is 4.79 Å². The molecule has 1 rings (SSSR count). The minimum atomic E-state index is -0.0653. The number of nitrogen functional groups attached to an aromatic ring is 1. The van der Waals surface area contributed by atoms with Gasteiger partial charge in [-0.05, 0) is 31.0 Å². The third kappa shape index (κ3) is 4.11. The van der Waals surface area contributed by atoms with Gasteiger partial charge in [0, 0.05) is 32.2 Å². The van der Waals surface area contributed by atoms with Crippen molar-refractivity contribution in [3.8, 4) is 0 Å². The molecule has 0 aliphatic carbocycles. The Balaban J connectivity index is 3.13. The highest BCUT2D eigenvalue weighted by atomic mass is 16.3. The number of amides is 1. The second-order valence-electron chi connectivity index (χ2n) is 5.36. The van der Waals surface area contributed by atoms with E-state index in [9.17, 15) is 9.90 Å². The van der Waals surface area contributed by atoms with Crippen LogP contribution in [0.2, 0.25) is 0 Å². The van der Waals surface area contributed by atoms with Crippen molar-refractivity contribution in [2.24, 2.45) is 0 Å². The number of carbonyl (C=O) groups is 1. The SMILES string of the molecule is CCC(CC)N(CCO)c1ccc(C(=O)N(C)C)cc1N. The Morgan fingerprint density at radius 1 is 1.29 bits per heavy atom. The average Bonchev–Trinajstić information content (AvgIpc) is 2.46. The Labute approximate surface area is 127 Å². The van der Waals surface area contributed by atoms with E-state index in [1.54, 1.807) is 26.2 Å². The van der Waals surface area contributed by atoms with Gasteiger partial charge in [-0.1, -0.05) is 13.8 Å². The van der Waals surface area contributed by atoms with Crippen molar-refractivity contribution < 1.29 is 9.90 Å². The van der Waals surface area contributed by atoms with Gasteiger partial charge in [0.2, 0.25) is 0 Å². The van der Waals surface area contributed by atoms with Crippen molar-refractivity contribution in [3.05, 3.63) is 23.8 Å². The van der Waals surface area contributed by atoms with Gasteiger partial charge in [0.15, 0.2) is 0 Å². The van der Waals surface area contributed by atoms with Crippen LogP contribution in [-0.4, -0.2) is 49.2 Å². The molecule has 0 heterocycles. The summed E-state index contributed by atoms with van der Waals surface area (Å²) in [5.74, 6) is -0.0653. The van der Waals surface area contributed by atoms with E-state index >= 15 is 0 Å². The molecule has 0 aliphatic heterocycles. The summed E-state index contributed by atoms with van der Waals surface area (Å²) < 4.78 is 0. The quantitative estimate of drug-likeness (QED) is 0.754. The minimum Gasteiger partial charge on any atom is -0.397 e. The summed E-state index contributed by atoms with van der Waals surface area (Å²) in [6, 6.07) is 5.71. The van der Waals surface area contributed by atoms with E-state index in [0.717, 1.165) is 18.5 Å². The van der Waals surface area contributed by atoms with Gasteiger partial charge in [-0.2, -0.15) is 0 Å². The highest BCUT2D eigenvalue weighted by molar-refractivity contribution is 5.95. The van der Waals surface area contributed by atoms with Crippen molar-refractivity contribution in [1.29, 1.82) is 0 Å². The van der Waals surface area contributed by atoms with E-state index in [1.807, 2.05) is 6.07 Å². The predicted molar refractivity (Wildman–Crippen MR) is 87.7 cm³/mol. The summed E-state index contributed by atoms with van der Waals surface area (Å²) in [6.07, 6.45) is 1.96. The van der Waals surface area contributed by atoms with Crippen molar-refractivity contribution in [2.45, 2.75) is 32.7 Å². The number of rotatable bonds is 7. The van der Waals surface area contributed by atoms with E-state index < -0.39 is 0 Å². The second-order valence-corrected chi connectivity index (χ2v) is 5.36. The summed E-state index contributed by atoms with van der Waals surface area (Å²) in [7, 11) is 3.43. The normalized spacial score (nSPS) is 10.8. The molecular formula is C16H27N3O2. The summed E-state index contributed by atoms with van der Waals surface area (Å²) in [5, 5.41) is 9.30. The maximum Gasteiger partial charge on any atom is 0.253 e. The molecule has 21 heavy (non-hydrogen) atoms. The van der Waals surface area contributed by atoms with Crippen LogP contribution in [0.15, 0.2) is 18.2 Å². The lowest BCUT2D eigenvalue weighted by Crippen LogP contribution is -2.37. The molecule has 5 nitrogen and oxygen atoms in total. The van der Waals surface area contributed by atoms with Crippen LogP contribution in [0.5, 0.6) is 0 Å². The minimum absolute atomic E-state index is 0.0653. The van der Waals surface area contributed by atoms with Gasteiger partial charge in [0.1, 0.15) is 0 Å². The zero-order valence-electron chi connectivity index (χ0n) is 13.5. The standard InChI is InChI=1S/C16H27N3O2/c1-5-13(6-2)19(9-10-20)15-8-7-12(11-14(15)17)16(21)18(3)4/h7-8,11,13,20H,5-6,9-10,17H2,1-4H3. The Bertz CT molecular complexity index is 471. The smallest absolute Gasteiger partial charge is 0.253 e. The molecule has 5 heteroatoms. The first-order valence-corrected chi connectivity index (χ1v) is 7.44. The first-order chi connectivity index (χ1) is 9.96. The van der Waals surface area contributed by atoms with Gasteiger partial charge >= 0.3 is 0 Å². The van der Waals surface area contributed by atoms with Crippen LogP contribution in [0.3, 0.4) is 0 Å². The molecule has 0 atom stereocenters. The monoisotopic (exact) mass is 293 g/mol. The predicted octanol–water partition coefficient (Wildman–Crippen LogP) is 1.96. The lowest BCUT2D eigenvalue weighted by Gasteiger charge is -2.33. The average molecular weight is 293 g/mol. The number of aliphatic hydroxyl groups is 1. The Kier molecular flexibility index (Phi) is 6.49. The van der Waals surface area contributed by atoms with Crippen LogP contribution in [0, 0.1) is 0 Å². The molecule has 0 fully saturated rings. The number of carbonyl (C=O) groups excluding carboxylic acids is 1. The van der Waals surface area contributed by atoms with Crippen LogP contribution in [-0.2, 0) is 0 Å². The molecular weight excluding hydrogens is 266 g/mol. The number of hydrogen-bond donors (Lipinski definition) is 2. The third-order valence-corrected chi connectivity index (χ3v) is 3.71. The van der Waals surface area contributed by atoms with Gasteiger partial charge in [0.25, 0.3) is 5.91 Å². The van der Waals surface area contributed by atoms with E-state index in [0.29, 0.717) is 23.8 Å². The van der Waals surface area contributed by atoms with Crippen LogP contribution in [0.25, 0.3) is 0 Å². The molecule has 0 bridgehead atoms. The third-order valence-electron chi connectivity index (χ3n) is 3.71. The van der Waals surface area contributed by atoms with E-state index in [-0.39, 0.29) is 12.5 Å². The first-order valence-electron chi connectivity index (χ1n) is 7.44. The molecule has 0 spiro atoms. The van der Waals surface area contributed by atoms with Crippen molar-refractivity contribution in [3.63, 3.8) is 0 Å². The second kappa shape index (κ2) is 7.88. The number of benzene rings is 1. The van der Waals surface area contributed by atoms with Crippen LogP contribution >= 0.6 is 0 Å². The Hall–Kier alpha value is -1.75. The highest BCUT2D eigenvalue weighted by Gasteiger charge is 2.19. The molecule has 0 radical (unpaired) electrons. The number of hydrogen-bond acceptors (Lipinski definition) is 4. The van der Waals surface area contributed by atoms with Gasteiger partial charge in [0.05, 0.1) is 18.0 Å². The fraction of sp³-hybridized carbons (Fsp3) is 0.562. The van der Waals surface area contributed by atoms with Gasteiger partial charge in [-0.15, -0.1) is 0 Å². The molecule has 0 unspecified atom stereocenters. The highest BCUT2D eigenvalue weighted by Crippen LogP contribution is 2.28. The molecule has 0 aliphatic rings. The number of aliphatic hydroxyl groups excluding tert-OH is 1. The van der Waals surface area contributed by atoms with E-state index in [4.69, 9.17) is 5.73 Å². The topological polar surface area (TPSA) is 69.8 Å². The molecule has 118 valence electrons. The lowest BCUT2D eigenvalue weighted by atomic mass is 10.1. The van der Waals surface area contributed by atoms with Crippen molar-refractivity contribution in [1.82, 2.24) is 4.90 Å². The molecule has 0 saturated heterocycles. The van der Waals surface area contributed by atoms with E-state index in [1.165, 1.54) is 4.90 Å². The zero-order chi connectivity index (χ0) is 16.0. The van der Waals surface area contributed by atoms with Crippen molar-refractivity contribution in [2.75, 3.05) is 37.9 Å². The maximum atomic E-state index is 12.0. The van der Waals surface area contributed by atoms with E-state index in [2.05, 4.69) is 18.7 Å². The molecule has 1 amide bonds. The zero-order valence-corrected chi connectivity index (χ0v) is 13.5. The number of nitrogens with zero attached hydrogens (tertiary/aromatic N) is 2. The summed E-state index contributed by atoms with van der Waals surface area (Å²) >= 11 is 0. The summed E-state index contributed by atoms with van der Waals surface area (Å²) in [5.41, 5.74) is 8.18. The molecule has 1 aromatic rings. The van der Waals surface area contributed by atoms with Gasteiger partial charge < -0.3 is 20.6 Å². The fourth-order valence-electron chi connectivity index (χ4n) is 2.54. The summed E-state index contributed by atoms with van der Waals surface area (Å²) in [4.78, 5) is 15.6. The lowest BCUT2D eigenvalue weighted by molar-refractivity contribution is 0.0827. The number of anilines is 2. The fourth-order valence-corrected chi connectivity index (χ4v) is 2.54. The van der Waals surface area contributed by atoms with Crippen LogP contribution < -0.4 is 10.6 Å². The van der Waals surface area contributed by atoms with Crippen LogP contribution in [0.1, 0.15) is 37.0 Å². The Morgan fingerprint density at radius 3 is 2.33 bits per heavy atom. The first kappa shape index (κ1) is 17.3. The molecule has 3 N–H and O–H groups in total. The van der Waals surface area contributed by atoms with Crippen molar-refractivity contribution >= 4 is 17.3 Å². The maximum absolute atomic E-state index is 12.0. The molecule has 0 saturated carbocycles. The molecule has 1 aromatic carbocycles. The van der Waals surface area contributed by atoms with Gasteiger partial charge in [-0.25, -0.2) is 0 Å². The number of nitrogens with two attached hydrogens (primary N) is 1. The van der Waals surface area contributed by atoms with Crippen LogP contribution in [0.4, 0.5) is 11.4 Å². The largest absolute Gasteiger partial charge is 0.397 e. The summed E-state index contributed by atoms with van der Waals surface area (Å²) in [6.45, 7) is 4.86.